The molecule has 1 aliphatic carbocycles. The maximum absolute atomic E-state index is 9.55. The highest BCUT2D eigenvalue weighted by molar-refractivity contribution is 5.31. The minimum atomic E-state index is 0.366. The van der Waals surface area contributed by atoms with E-state index in [2.05, 4.69) is 5.32 Å². The van der Waals surface area contributed by atoms with Crippen molar-refractivity contribution in [3.63, 3.8) is 0 Å². The van der Waals surface area contributed by atoms with Gasteiger partial charge in [-0.15, -0.1) is 0 Å². The molecule has 1 aliphatic rings. The third kappa shape index (κ3) is 4.75. The lowest BCUT2D eigenvalue weighted by Gasteiger charge is -2.07. The van der Waals surface area contributed by atoms with Gasteiger partial charge in [0.2, 0.25) is 0 Å². The zero-order valence-corrected chi connectivity index (χ0v) is 10.2. The number of phenolic OH excluding ortho intramolecular Hbond substituents is 1. The second-order valence-corrected chi connectivity index (χ2v) is 4.68. The molecule has 94 valence electrons. The number of hydrogen-bond acceptors (Lipinski definition) is 3. The molecule has 0 spiro atoms. The standard InChI is InChI=1S/C14H21NO2/c16-14-5-2-1-4-13(14)10-15-8-3-9-17-11-12-6-7-12/h1-2,4-5,12,15-16H,3,6-11H2. The van der Waals surface area contributed by atoms with Crippen LogP contribution >= 0.6 is 0 Å². The Morgan fingerprint density at radius 1 is 1.29 bits per heavy atom. The van der Waals surface area contributed by atoms with Crippen molar-refractivity contribution in [1.29, 1.82) is 0 Å². The molecule has 2 N–H and O–H groups in total. The number of hydrogen-bond donors (Lipinski definition) is 2. The van der Waals surface area contributed by atoms with Crippen LogP contribution in [0.3, 0.4) is 0 Å². The topological polar surface area (TPSA) is 41.5 Å². The van der Waals surface area contributed by atoms with Crippen LogP contribution in [-0.4, -0.2) is 24.9 Å². The van der Waals surface area contributed by atoms with Crippen molar-refractivity contribution in [2.45, 2.75) is 25.8 Å². The van der Waals surface area contributed by atoms with Crippen LogP contribution in [0.5, 0.6) is 5.75 Å². The SMILES string of the molecule is Oc1ccccc1CNCCCOCC1CC1. The van der Waals surface area contributed by atoms with Gasteiger partial charge in [-0.05, 0) is 37.8 Å². The summed E-state index contributed by atoms with van der Waals surface area (Å²) in [6.07, 6.45) is 3.73. The van der Waals surface area contributed by atoms with E-state index in [0.717, 1.165) is 44.2 Å². The third-order valence-electron chi connectivity index (χ3n) is 3.00. The van der Waals surface area contributed by atoms with Crippen molar-refractivity contribution >= 4 is 0 Å². The Labute approximate surface area is 103 Å². The molecule has 0 radical (unpaired) electrons. The van der Waals surface area contributed by atoms with Gasteiger partial charge in [-0.25, -0.2) is 0 Å². The minimum Gasteiger partial charge on any atom is -0.508 e. The molecule has 1 fully saturated rings. The Morgan fingerprint density at radius 3 is 2.88 bits per heavy atom. The Morgan fingerprint density at radius 2 is 2.12 bits per heavy atom. The molecule has 0 saturated heterocycles. The van der Waals surface area contributed by atoms with Crippen LogP contribution in [0.1, 0.15) is 24.8 Å². The molecule has 0 aliphatic heterocycles. The lowest BCUT2D eigenvalue weighted by atomic mass is 10.2. The highest BCUT2D eigenvalue weighted by Gasteiger charge is 2.20. The Balaban J connectivity index is 1.49. The summed E-state index contributed by atoms with van der Waals surface area (Å²) in [6, 6.07) is 7.43. The van der Waals surface area contributed by atoms with E-state index in [4.69, 9.17) is 4.74 Å². The van der Waals surface area contributed by atoms with E-state index in [1.807, 2.05) is 18.2 Å². The van der Waals surface area contributed by atoms with E-state index >= 15 is 0 Å². The van der Waals surface area contributed by atoms with Crippen molar-refractivity contribution in [3.8, 4) is 5.75 Å². The van der Waals surface area contributed by atoms with Crippen LogP contribution in [0.2, 0.25) is 0 Å². The van der Waals surface area contributed by atoms with Crippen molar-refractivity contribution < 1.29 is 9.84 Å². The predicted molar refractivity (Wildman–Crippen MR) is 68.0 cm³/mol. The van der Waals surface area contributed by atoms with Gasteiger partial charge < -0.3 is 15.2 Å². The fraction of sp³-hybridized carbons (Fsp3) is 0.571. The summed E-state index contributed by atoms with van der Waals surface area (Å²) in [5.74, 6) is 1.22. The van der Waals surface area contributed by atoms with Crippen molar-refractivity contribution in [3.05, 3.63) is 29.8 Å². The smallest absolute Gasteiger partial charge is 0.120 e. The van der Waals surface area contributed by atoms with Gasteiger partial charge in [0.25, 0.3) is 0 Å². The normalized spacial score (nSPS) is 15.1. The number of phenols is 1. The van der Waals surface area contributed by atoms with Gasteiger partial charge in [0.1, 0.15) is 5.75 Å². The molecular formula is C14H21NO2. The summed E-state index contributed by atoms with van der Waals surface area (Å²) in [5.41, 5.74) is 0.950. The molecule has 3 heteroatoms. The molecule has 1 aromatic carbocycles. The zero-order chi connectivity index (χ0) is 11.9. The van der Waals surface area contributed by atoms with Crippen molar-refractivity contribution in [2.75, 3.05) is 19.8 Å². The average molecular weight is 235 g/mol. The van der Waals surface area contributed by atoms with Crippen LogP contribution < -0.4 is 5.32 Å². The first-order valence-corrected chi connectivity index (χ1v) is 6.41. The monoisotopic (exact) mass is 235 g/mol. The lowest BCUT2D eigenvalue weighted by molar-refractivity contribution is 0.122. The molecule has 1 aromatic rings. The Hall–Kier alpha value is -1.06. The molecule has 2 rings (SSSR count). The van der Waals surface area contributed by atoms with Crippen molar-refractivity contribution in [2.24, 2.45) is 5.92 Å². The van der Waals surface area contributed by atoms with Crippen LogP contribution in [0.25, 0.3) is 0 Å². The second kappa shape index (κ2) is 6.62. The minimum absolute atomic E-state index is 0.366. The molecule has 17 heavy (non-hydrogen) atoms. The summed E-state index contributed by atoms with van der Waals surface area (Å²) < 4.78 is 5.54. The highest BCUT2D eigenvalue weighted by atomic mass is 16.5. The van der Waals surface area contributed by atoms with Crippen LogP contribution in [0.15, 0.2) is 24.3 Å². The van der Waals surface area contributed by atoms with E-state index < -0.39 is 0 Å². The zero-order valence-electron chi connectivity index (χ0n) is 10.2. The van der Waals surface area contributed by atoms with E-state index in [9.17, 15) is 5.11 Å². The molecule has 0 heterocycles. The van der Waals surface area contributed by atoms with Gasteiger partial charge in [-0.2, -0.15) is 0 Å². The van der Waals surface area contributed by atoms with Gasteiger partial charge in [0, 0.05) is 25.3 Å². The predicted octanol–water partition coefficient (Wildman–Crippen LogP) is 2.30. The summed E-state index contributed by atoms with van der Waals surface area (Å²) in [4.78, 5) is 0. The van der Waals surface area contributed by atoms with Gasteiger partial charge >= 0.3 is 0 Å². The summed E-state index contributed by atoms with van der Waals surface area (Å²) in [6.45, 7) is 3.43. The van der Waals surface area contributed by atoms with Crippen LogP contribution in [-0.2, 0) is 11.3 Å². The largest absolute Gasteiger partial charge is 0.508 e. The Kier molecular flexibility index (Phi) is 4.83. The van der Waals surface area contributed by atoms with Crippen LogP contribution in [0, 0.1) is 5.92 Å². The first-order valence-electron chi connectivity index (χ1n) is 6.41. The van der Waals surface area contributed by atoms with E-state index in [-0.39, 0.29) is 0 Å². The second-order valence-electron chi connectivity index (χ2n) is 4.68. The fourth-order valence-corrected chi connectivity index (χ4v) is 1.72. The molecule has 0 bridgehead atoms. The molecule has 0 atom stereocenters. The van der Waals surface area contributed by atoms with Gasteiger partial charge in [-0.3, -0.25) is 0 Å². The quantitative estimate of drug-likeness (QED) is 0.679. The van der Waals surface area contributed by atoms with Gasteiger partial charge in [-0.1, -0.05) is 18.2 Å². The molecule has 1 saturated carbocycles. The molecule has 0 amide bonds. The number of nitrogens with one attached hydrogen (secondary N) is 1. The number of rotatable bonds is 8. The summed E-state index contributed by atoms with van der Waals surface area (Å²) in [7, 11) is 0. The molecular weight excluding hydrogens is 214 g/mol. The maximum atomic E-state index is 9.55. The third-order valence-corrected chi connectivity index (χ3v) is 3.00. The first kappa shape index (κ1) is 12.4. The van der Waals surface area contributed by atoms with E-state index in [1.54, 1.807) is 6.07 Å². The van der Waals surface area contributed by atoms with Crippen LogP contribution in [0.4, 0.5) is 0 Å². The number of benzene rings is 1. The highest BCUT2D eigenvalue weighted by Crippen LogP contribution is 2.28. The first-order chi connectivity index (χ1) is 8.36. The number of ether oxygens (including phenoxy) is 1. The van der Waals surface area contributed by atoms with E-state index in [0.29, 0.717) is 5.75 Å². The van der Waals surface area contributed by atoms with Gasteiger partial charge in [0.05, 0.1) is 0 Å². The maximum Gasteiger partial charge on any atom is 0.120 e. The lowest BCUT2D eigenvalue weighted by Crippen LogP contribution is -2.16. The summed E-state index contributed by atoms with van der Waals surface area (Å²) in [5, 5.41) is 12.9. The molecule has 3 nitrogen and oxygen atoms in total. The van der Waals surface area contributed by atoms with Gasteiger partial charge in [0.15, 0.2) is 0 Å². The molecule has 0 unspecified atom stereocenters. The molecule has 0 aromatic heterocycles. The summed E-state index contributed by atoms with van der Waals surface area (Å²) >= 11 is 0. The number of aromatic hydroxyl groups is 1. The average Bonchev–Trinajstić information content (AvgIpc) is 3.14. The van der Waals surface area contributed by atoms with E-state index in [1.165, 1.54) is 12.8 Å². The van der Waals surface area contributed by atoms with Crippen molar-refractivity contribution in [1.82, 2.24) is 5.32 Å². The number of para-hydroxylation sites is 1. The Bertz CT molecular complexity index is 337. The fourth-order valence-electron chi connectivity index (χ4n) is 1.72.